The molecule has 1 saturated heterocycles. The summed E-state index contributed by atoms with van der Waals surface area (Å²) in [5, 5.41) is 8.98. The van der Waals surface area contributed by atoms with Crippen molar-refractivity contribution in [3.8, 4) is 11.5 Å². The largest absolute Gasteiger partial charge is 0.494 e. The molecule has 2 N–H and O–H groups in total. The second-order valence-corrected chi connectivity index (χ2v) is 12.0. The van der Waals surface area contributed by atoms with Crippen LogP contribution in [-0.4, -0.2) is 64.1 Å². The van der Waals surface area contributed by atoms with Crippen LogP contribution in [0.4, 0.5) is 5.69 Å². The van der Waals surface area contributed by atoms with Gasteiger partial charge in [0, 0.05) is 24.1 Å². The Bertz CT molecular complexity index is 1870. The number of fused-ring (bicyclic) bond motifs is 1. The predicted octanol–water partition coefficient (Wildman–Crippen LogP) is 4.07. The highest BCUT2D eigenvalue weighted by Gasteiger charge is 2.44. The Kier molecular flexibility index (Phi) is 9.02. The molecule has 13 heteroatoms. The van der Waals surface area contributed by atoms with Crippen LogP contribution in [0.5, 0.6) is 11.5 Å². The third-order valence-electron chi connectivity index (χ3n) is 8.46. The number of aromatic nitrogens is 2. The molecule has 3 aromatic carbocycles. The lowest BCUT2D eigenvalue weighted by Gasteiger charge is -2.27. The van der Waals surface area contributed by atoms with Gasteiger partial charge in [-0.2, -0.15) is 4.98 Å². The minimum Gasteiger partial charge on any atom is -0.494 e. The standard InChI is InChI=1S/C35H33N5O8/c1-35(2,22-6-11-25(12-7-22)47-20-31-37-29(19-41)39-48-31)21-4-9-24(10-5-21)46-17-3-16-36-23-8-13-26-27(18-23)34(45)40(33(26)44)28-14-15-30(42)38-32(28)43/h4-13,18-19,28,36H,3,14-17,20H2,1-2H3,(H,38,42,43). The lowest BCUT2D eigenvalue weighted by molar-refractivity contribution is -0.136. The molecular weight excluding hydrogens is 618 g/mol. The summed E-state index contributed by atoms with van der Waals surface area (Å²) < 4.78 is 16.6. The van der Waals surface area contributed by atoms with Gasteiger partial charge in [-0.3, -0.25) is 34.2 Å². The maximum absolute atomic E-state index is 13.0. The first-order chi connectivity index (χ1) is 23.1. The number of rotatable bonds is 13. The Hall–Kier alpha value is -5.85. The topological polar surface area (TPSA) is 170 Å². The SMILES string of the molecule is CC(C)(c1ccc(OCCCNc2ccc3c(c2)C(=O)N(C2CCC(=O)NC2=O)C3=O)cc1)c1ccc(OCc2nc(C=O)no2)cc1. The van der Waals surface area contributed by atoms with Gasteiger partial charge in [-0.15, -0.1) is 0 Å². The maximum atomic E-state index is 13.0. The van der Waals surface area contributed by atoms with E-state index in [0.29, 0.717) is 37.3 Å². The van der Waals surface area contributed by atoms with Gasteiger partial charge in [-0.1, -0.05) is 43.3 Å². The average molecular weight is 652 g/mol. The van der Waals surface area contributed by atoms with Crippen LogP contribution < -0.4 is 20.1 Å². The minimum atomic E-state index is -0.994. The molecule has 1 fully saturated rings. The normalized spacial score (nSPS) is 16.0. The van der Waals surface area contributed by atoms with E-state index in [1.165, 1.54) is 0 Å². The Balaban J connectivity index is 0.964. The van der Waals surface area contributed by atoms with E-state index in [-0.39, 0.29) is 47.7 Å². The summed E-state index contributed by atoms with van der Waals surface area (Å²) in [7, 11) is 0. The van der Waals surface area contributed by atoms with Gasteiger partial charge in [0.05, 0.1) is 17.7 Å². The molecule has 0 aliphatic carbocycles. The van der Waals surface area contributed by atoms with Crippen molar-refractivity contribution in [2.24, 2.45) is 0 Å². The number of anilines is 1. The molecule has 1 aromatic heterocycles. The van der Waals surface area contributed by atoms with Crippen LogP contribution in [0.1, 0.15) is 81.5 Å². The zero-order chi connectivity index (χ0) is 33.8. The maximum Gasteiger partial charge on any atom is 0.264 e. The van der Waals surface area contributed by atoms with Gasteiger partial charge in [-0.05, 0) is 66.4 Å². The number of hydrogen-bond acceptors (Lipinski definition) is 11. The van der Waals surface area contributed by atoms with E-state index in [0.717, 1.165) is 21.8 Å². The van der Waals surface area contributed by atoms with Crippen molar-refractivity contribution in [3.63, 3.8) is 0 Å². The van der Waals surface area contributed by atoms with Crippen molar-refractivity contribution in [2.75, 3.05) is 18.5 Å². The zero-order valence-electron chi connectivity index (χ0n) is 26.4. The highest BCUT2D eigenvalue weighted by molar-refractivity contribution is 6.23. The lowest BCUT2D eigenvalue weighted by Crippen LogP contribution is -2.54. The number of carbonyl (C=O) groups is 5. The number of amides is 4. The number of aldehydes is 1. The lowest BCUT2D eigenvalue weighted by atomic mass is 9.78. The van der Waals surface area contributed by atoms with Crippen molar-refractivity contribution in [1.29, 1.82) is 0 Å². The molecule has 0 saturated carbocycles. The Morgan fingerprint density at radius 1 is 0.938 bits per heavy atom. The first-order valence-electron chi connectivity index (χ1n) is 15.5. The summed E-state index contributed by atoms with van der Waals surface area (Å²) in [6, 6.07) is 19.6. The van der Waals surface area contributed by atoms with Crippen molar-refractivity contribution in [3.05, 3.63) is 101 Å². The molecule has 4 amide bonds. The third kappa shape index (κ3) is 6.66. The second-order valence-electron chi connectivity index (χ2n) is 12.0. The van der Waals surface area contributed by atoms with Crippen molar-refractivity contribution in [2.45, 2.75) is 51.2 Å². The van der Waals surface area contributed by atoms with Crippen LogP contribution >= 0.6 is 0 Å². The highest BCUT2D eigenvalue weighted by Crippen LogP contribution is 2.34. The van der Waals surface area contributed by atoms with Crippen LogP contribution in [-0.2, 0) is 21.6 Å². The summed E-state index contributed by atoms with van der Waals surface area (Å²) in [5.74, 6) is -0.539. The third-order valence-corrected chi connectivity index (χ3v) is 8.46. The fourth-order valence-electron chi connectivity index (χ4n) is 5.70. The molecule has 0 spiro atoms. The molecule has 2 aliphatic heterocycles. The number of hydrogen-bond donors (Lipinski definition) is 2. The van der Waals surface area contributed by atoms with E-state index in [9.17, 15) is 24.0 Å². The Labute approximate surface area is 275 Å². The first-order valence-corrected chi connectivity index (χ1v) is 15.5. The van der Waals surface area contributed by atoms with E-state index >= 15 is 0 Å². The molecule has 1 unspecified atom stereocenters. The van der Waals surface area contributed by atoms with E-state index in [2.05, 4.69) is 34.6 Å². The van der Waals surface area contributed by atoms with E-state index in [1.807, 2.05) is 48.5 Å². The molecule has 3 heterocycles. The molecule has 0 radical (unpaired) electrons. The smallest absolute Gasteiger partial charge is 0.264 e. The van der Waals surface area contributed by atoms with Crippen LogP contribution in [0, 0.1) is 0 Å². The summed E-state index contributed by atoms with van der Waals surface area (Å²) in [4.78, 5) is 65.3. The molecule has 246 valence electrons. The fourth-order valence-corrected chi connectivity index (χ4v) is 5.70. The number of imide groups is 2. The molecule has 6 rings (SSSR count). The summed E-state index contributed by atoms with van der Waals surface area (Å²) in [6.45, 7) is 5.36. The quantitative estimate of drug-likeness (QED) is 0.121. The minimum absolute atomic E-state index is 0.0196. The molecule has 48 heavy (non-hydrogen) atoms. The molecule has 2 aliphatic rings. The second kappa shape index (κ2) is 13.5. The predicted molar refractivity (Wildman–Crippen MR) is 171 cm³/mol. The summed E-state index contributed by atoms with van der Waals surface area (Å²) >= 11 is 0. The highest BCUT2D eigenvalue weighted by atomic mass is 16.5. The average Bonchev–Trinajstić information content (AvgIpc) is 3.65. The van der Waals surface area contributed by atoms with Gasteiger partial charge < -0.3 is 19.3 Å². The number of carbonyl (C=O) groups excluding carboxylic acids is 5. The van der Waals surface area contributed by atoms with Gasteiger partial charge in [0.25, 0.3) is 17.7 Å². The van der Waals surface area contributed by atoms with Crippen molar-refractivity contribution in [1.82, 2.24) is 20.4 Å². The molecule has 13 nitrogen and oxygen atoms in total. The van der Waals surface area contributed by atoms with Gasteiger partial charge in [0.2, 0.25) is 17.6 Å². The van der Waals surface area contributed by atoms with Crippen molar-refractivity contribution < 1.29 is 38.0 Å². The molecule has 0 bridgehead atoms. The van der Waals surface area contributed by atoms with Gasteiger partial charge in [0.1, 0.15) is 17.5 Å². The number of ether oxygens (including phenoxy) is 2. The van der Waals surface area contributed by atoms with Crippen LogP contribution in [0.2, 0.25) is 0 Å². The molecule has 1 atom stereocenters. The van der Waals surface area contributed by atoms with E-state index < -0.39 is 29.7 Å². The van der Waals surface area contributed by atoms with Crippen LogP contribution in [0.3, 0.4) is 0 Å². The fraction of sp³-hybridized carbons (Fsp3) is 0.286. The van der Waals surface area contributed by atoms with E-state index in [1.54, 1.807) is 18.2 Å². The van der Waals surface area contributed by atoms with E-state index in [4.69, 9.17) is 14.0 Å². The number of benzene rings is 3. The summed E-state index contributed by atoms with van der Waals surface area (Å²) in [6.07, 6.45) is 1.38. The first kappa shape index (κ1) is 32.1. The van der Waals surface area contributed by atoms with Crippen LogP contribution in [0.15, 0.2) is 71.3 Å². The zero-order valence-corrected chi connectivity index (χ0v) is 26.4. The van der Waals surface area contributed by atoms with Gasteiger partial charge in [-0.25, -0.2) is 0 Å². The van der Waals surface area contributed by atoms with Crippen molar-refractivity contribution >= 4 is 35.6 Å². The molecular formula is C35H33N5O8. The molecule has 4 aromatic rings. The number of nitrogens with zero attached hydrogens (tertiary/aromatic N) is 3. The van der Waals surface area contributed by atoms with Crippen LogP contribution in [0.25, 0.3) is 0 Å². The van der Waals surface area contributed by atoms with Gasteiger partial charge >= 0.3 is 0 Å². The van der Waals surface area contributed by atoms with Gasteiger partial charge in [0.15, 0.2) is 12.9 Å². The number of nitrogens with one attached hydrogen (secondary N) is 2. The Morgan fingerprint density at radius 3 is 2.25 bits per heavy atom. The summed E-state index contributed by atoms with van der Waals surface area (Å²) in [5.41, 5.74) is 3.06. The Morgan fingerprint density at radius 2 is 1.60 bits per heavy atom. The number of piperidine rings is 1. The monoisotopic (exact) mass is 651 g/mol.